The van der Waals surface area contributed by atoms with Gasteiger partial charge in [0.2, 0.25) is 5.91 Å². The van der Waals surface area contributed by atoms with Crippen LogP contribution in [0.25, 0.3) is 0 Å². The van der Waals surface area contributed by atoms with Crippen molar-refractivity contribution in [3.05, 3.63) is 35.9 Å². The minimum atomic E-state index is 0.211. The van der Waals surface area contributed by atoms with Gasteiger partial charge in [-0.25, -0.2) is 0 Å². The minimum Gasteiger partial charge on any atom is -0.339 e. The van der Waals surface area contributed by atoms with E-state index in [4.69, 9.17) is 5.73 Å². The SMILES string of the molecule is C[C@@H]1C[C@H](N)CCN1C(=O)CN(C)Cc1ccccc1. The third-order valence-corrected chi connectivity index (χ3v) is 3.94. The Labute approximate surface area is 121 Å². The molecule has 0 unspecified atom stereocenters. The van der Waals surface area contributed by atoms with Gasteiger partial charge in [-0.1, -0.05) is 30.3 Å². The number of nitrogens with zero attached hydrogens (tertiary/aromatic N) is 2. The average molecular weight is 275 g/mol. The molecule has 0 spiro atoms. The Morgan fingerprint density at radius 2 is 2.10 bits per heavy atom. The van der Waals surface area contributed by atoms with Crippen LogP contribution >= 0.6 is 0 Å². The lowest BCUT2D eigenvalue weighted by Crippen LogP contribution is -2.50. The Kier molecular flexibility index (Phi) is 5.15. The van der Waals surface area contributed by atoms with Crippen LogP contribution < -0.4 is 5.73 Å². The van der Waals surface area contributed by atoms with Gasteiger partial charge in [-0.15, -0.1) is 0 Å². The summed E-state index contributed by atoms with van der Waals surface area (Å²) in [6.07, 6.45) is 1.83. The lowest BCUT2D eigenvalue weighted by atomic mass is 9.99. The largest absolute Gasteiger partial charge is 0.339 e. The number of likely N-dealkylation sites (tertiary alicyclic amines) is 1. The Hall–Kier alpha value is -1.39. The number of amides is 1. The Morgan fingerprint density at radius 3 is 2.75 bits per heavy atom. The van der Waals surface area contributed by atoms with E-state index >= 15 is 0 Å². The van der Waals surface area contributed by atoms with Crippen LogP contribution in [0.1, 0.15) is 25.3 Å². The van der Waals surface area contributed by atoms with Gasteiger partial charge in [0.05, 0.1) is 6.54 Å². The predicted molar refractivity (Wildman–Crippen MR) is 81.2 cm³/mol. The van der Waals surface area contributed by atoms with E-state index in [1.807, 2.05) is 30.1 Å². The van der Waals surface area contributed by atoms with Gasteiger partial charge in [0.15, 0.2) is 0 Å². The molecule has 1 fully saturated rings. The number of likely N-dealkylation sites (N-methyl/N-ethyl adjacent to an activating group) is 1. The molecule has 0 aliphatic carbocycles. The zero-order chi connectivity index (χ0) is 14.5. The van der Waals surface area contributed by atoms with E-state index in [9.17, 15) is 4.79 Å². The third-order valence-electron chi connectivity index (χ3n) is 3.94. The maximum Gasteiger partial charge on any atom is 0.236 e. The third kappa shape index (κ3) is 4.05. The van der Waals surface area contributed by atoms with Gasteiger partial charge >= 0.3 is 0 Å². The molecule has 110 valence electrons. The van der Waals surface area contributed by atoms with E-state index in [1.54, 1.807) is 0 Å². The Balaban J connectivity index is 1.84. The second kappa shape index (κ2) is 6.86. The smallest absolute Gasteiger partial charge is 0.236 e. The van der Waals surface area contributed by atoms with Crippen LogP contribution in [0, 0.1) is 0 Å². The molecule has 1 saturated heterocycles. The topological polar surface area (TPSA) is 49.6 Å². The number of carbonyl (C=O) groups excluding carboxylic acids is 1. The van der Waals surface area contributed by atoms with Crippen molar-refractivity contribution in [2.45, 2.75) is 38.4 Å². The standard InChI is InChI=1S/C16H25N3O/c1-13-10-15(17)8-9-19(13)16(20)12-18(2)11-14-6-4-3-5-7-14/h3-7,13,15H,8-12,17H2,1-2H3/t13-,15-/m1/s1. The first-order valence-electron chi connectivity index (χ1n) is 7.34. The molecule has 2 N–H and O–H groups in total. The molecule has 0 saturated carbocycles. The molecule has 4 nitrogen and oxygen atoms in total. The van der Waals surface area contributed by atoms with Crippen LogP contribution in [0.2, 0.25) is 0 Å². The normalized spacial score (nSPS) is 23.1. The molecule has 2 atom stereocenters. The number of nitrogens with two attached hydrogens (primary N) is 1. The van der Waals surface area contributed by atoms with E-state index in [0.29, 0.717) is 6.54 Å². The molecule has 0 radical (unpaired) electrons. The van der Waals surface area contributed by atoms with E-state index < -0.39 is 0 Å². The highest BCUT2D eigenvalue weighted by Crippen LogP contribution is 2.16. The Morgan fingerprint density at radius 1 is 1.40 bits per heavy atom. The van der Waals surface area contributed by atoms with E-state index in [1.165, 1.54) is 5.56 Å². The number of carbonyl (C=O) groups is 1. The molecular formula is C16H25N3O. The number of hydrogen-bond acceptors (Lipinski definition) is 3. The molecule has 4 heteroatoms. The second-order valence-corrected chi connectivity index (χ2v) is 5.88. The van der Waals surface area contributed by atoms with E-state index in [2.05, 4.69) is 24.0 Å². The fourth-order valence-electron chi connectivity index (χ4n) is 2.85. The van der Waals surface area contributed by atoms with E-state index in [0.717, 1.165) is 25.9 Å². The van der Waals surface area contributed by atoms with Gasteiger partial charge in [-0.05, 0) is 32.4 Å². The summed E-state index contributed by atoms with van der Waals surface area (Å²) < 4.78 is 0. The minimum absolute atomic E-state index is 0.211. The van der Waals surface area contributed by atoms with Crippen molar-refractivity contribution >= 4 is 5.91 Å². The van der Waals surface area contributed by atoms with Gasteiger partial charge in [-0.3, -0.25) is 9.69 Å². The van der Waals surface area contributed by atoms with Crippen molar-refractivity contribution in [3.8, 4) is 0 Å². The Bertz CT molecular complexity index is 435. The fraction of sp³-hybridized carbons (Fsp3) is 0.562. The van der Waals surface area contributed by atoms with Gasteiger partial charge < -0.3 is 10.6 Å². The summed E-state index contributed by atoms with van der Waals surface area (Å²) in [6, 6.07) is 10.7. The van der Waals surface area contributed by atoms with E-state index in [-0.39, 0.29) is 18.0 Å². The average Bonchev–Trinajstić information content (AvgIpc) is 2.39. The highest BCUT2D eigenvalue weighted by Gasteiger charge is 2.27. The van der Waals surface area contributed by atoms with Crippen molar-refractivity contribution in [1.29, 1.82) is 0 Å². The van der Waals surface area contributed by atoms with Gasteiger partial charge in [-0.2, -0.15) is 0 Å². The molecule has 1 aliphatic rings. The first-order chi connectivity index (χ1) is 9.56. The molecule has 20 heavy (non-hydrogen) atoms. The van der Waals surface area contributed by atoms with Crippen LogP contribution in [-0.4, -0.2) is 47.9 Å². The zero-order valence-electron chi connectivity index (χ0n) is 12.5. The van der Waals surface area contributed by atoms with Gasteiger partial charge in [0, 0.05) is 25.2 Å². The van der Waals surface area contributed by atoms with Crippen LogP contribution in [0.5, 0.6) is 0 Å². The lowest BCUT2D eigenvalue weighted by Gasteiger charge is -2.37. The quantitative estimate of drug-likeness (QED) is 0.905. The van der Waals surface area contributed by atoms with Crippen LogP contribution in [-0.2, 0) is 11.3 Å². The number of hydrogen-bond donors (Lipinski definition) is 1. The summed E-state index contributed by atoms with van der Waals surface area (Å²) in [5.41, 5.74) is 7.18. The molecule has 1 aliphatic heterocycles. The maximum absolute atomic E-state index is 12.4. The van der Waals surface area contributed by atoms with Gasteiger partial charge in [0.1, 0.15) is 0 Å². The lowest BCUT2D eigenvalue weighted by molar-refractivity contribution is -0.135. The molecule has 0 bridgehead atoms. The molecule has 1 heterocycles. The summed E-state index contributed by atoms with van der Waals surface area (Å²) >= 11 is 0. The van der Waals surface area contributed by atoms with Crippen molar-refractivity contribution in [3.63, 3.8) is 0 Å². The first kappa shape index (κ1) is 15.0. The van der Waals surface area contributed by atoms with Crippen molar-refractivity contribution in [2.24, 2.45) is 5.73 Å². The summed E-state index contributed by atoms with van der Waals surface area (Å²) in [7, 11) is 1.99. The molecule has 2 rings (SSSR count). The predicted octanol–water partition coefficient (Wildman–Crippen LogP) is 1.46. The summed E-state index contributed by atoms with van der Waals surface area (Å²) in [6.45, 7) is 4.15. The number of piperidine rings is 1. The van der Waals surface area contributed by atoms with Crippen LogP contribution in [0.15, 0.2) is 30.3 Å². The maximum atomic E-state index is 12.4. The van der Waals surface area contributed by atoms with Crippen LogP contribution in [0.4, 0.5) is 0 Å². The molecular weight excluding hydrogens is 250 g/mol. The molecule has 1 amide bonds. The van der Waals surface area contributed by atoms with Crippen molar-refractivity contribution in [2.75, 3.05) is 20.1 Å². The fourth-order valence-corrected chi connectivity index (χ4v) is 2.85. The van der Waals surface area contributed by atoms with Gasteiger partial charge in [0.25, 0.3) is 0 Å². The molecule has 1 aromatic carbocycles. The first-order valence-corrected chi connectivity index (χ1v) is 7.34. The summed E-state index contributed by atoms with van der Waals surface area (Å²) in [4.78, 5) is 16.4. The monoisotopic (exact) mass is 275 g/mol. The number of rotatable bonds is 4. The summed E-state index contributed by atoms with van der Waals surface area (Å²) in [5.74, 6) is 0.211. The second-order valence-electron chi connectivity index (χ2n) is 5.88. The van der Waals surface area contributed by atoms with Crippen molar-refractivity contribution in [1.82, 2.24) is 9.80 Å². The molecule has 0 aromatic heterocycles. The zero-order valence-corrected chi connectivity index (χ0v) is 12.5. The number of benzene rings is 1. The highest BCUT2D eigenvalue weighted by molar-refractivity contribution is 5.78. The highest BCUT2D eigenvalue weighted by atomic mass is 16.2. The summed E-state index contributed by atoms with van der Waals surface area (Å²) in [5, 5.41) is 0. The van der Waals surface area contributed by atoms with Crippen LogP contribution in [0.3, 0.4) is 0 Å². The van der Waals surface area contributed by atoms with Crippen molar-refractivity contribution < 1.29 is 4.79 Å². The molecule has 1 aromatic rings.